The predicted molar refractivity (Wildman–Crippen MR) is 96.9 cm³/mol. The summed E-state index contributed by atoms with van der Waals surface area (Å²) in [5.74, 6) is 0.0716. The molecule has 25 heavy (non-hydrogen) atoms. The number of nitrogens with zero attached hydrogens (tertiary/aromatic N) is 1. The summed E-state index contributed by atoms with van der Waals surface area (Å²) >= 11 is 9.40. The first-order valence-corrected chi connectivity index (χ1v) is 9.73. The topological polar surface area (TPSA) is 66.5 Å². The van der Waals surface area contributed by atoms with Gasteiger partial charge < -0.3 is 5.32 Å². The average Bonchev–Trinajstić information content (AvgIpc) is 3.23. The molecule has 1 heterocycles. The summed E-state index contributed by atoms with van der Waals surface area (Å²) in [4.78, 5) is 38.7. The lowest BCUT2D eigenvalue weighted by molar-refractivity contribution is -0.140. The normalized spacial score (nSPS) is 30.1. The molecule has 4 atom stereocenters. The van der Waals surface area contributed by atoms with E-state index in [2.05, 4.69) is 21.2 Å². The zero-order valence-electron chi connectivity index (χ0n) is 13.5. The number of amides is 3. The summed E-state index contributed by atoms with van der Waals surface area (Å²) in [6.07, 6.45) is 3.21. The van der Waals surface area contributed by atoms with Crippen LogP contribution in [0, 0.1) is 23.7 Å². The highest BCUT2D eigenvalue weighted by atomic mass is 79.9. The van der Waals surface area contributed by atoms with Crippen molar-refractivity contribution in [1.82, 2.24) is 4.90 Å². The molecule has 5 nitrogen and oxygen atoms in total. The Hall–Kier alpha value is -1.40. The molecule has 1 aromatic rings. The van der Waals surface area contributed by atoms with Crippen LogP contribution in [0.1, 0.15) is 25.7 Å². The van der Waals surface area contributed by atoms with Gasteiger partial charge in [-0.05, 0) is 49.3 Å². The van der Waals surface area contributed by atoms with Crippen molar-refractivity contribution in [1.29, 1.82) is 0 Å². The van der Waals surface area contributed by atoms with Gasteiger partial charge >= 0.3 is 0 Å². The molecule has 0 spiro atoms. The molecular formula is C18H18BrClN2O3. The first-order chi connectivity index (χ1) is 12.0. The van der Waals surface area contributed by atoms with E-state index < -0.39 is 0 Å². The molecule has 1 aromatic carbocycles. The molecule has 0 radical (unpaired) electrons. The zero-order valence-corrected chi connectivity index (χ0v) is 15.8. The Bertz CT molecular complexity index is 741. The van der Waals surface area contributed by atoms with E-state index in [0.717, 1.165) is 23.7 Å². The molecule has 3 fully saturated rings. The molecular weight excluding hydrogens is 408 g/mol. The fourth-order valence-electron chi connectivity index (χ4n) is 4.71. The Balaban J connectivity index is 1.37. The number of fused-ring (bicyclic) bond motifs is 5. The van der Waals surface area contributed by atoms with Gasteiger partial charge in [-0.25, -0.2) is 0 Å². The Labute approximate surface area is 159 Å². The van der Waals surface area contributed by atoms with Crippen molar-refractivity contribution >= 4 is 50.9 Å². The van der Waals surface area contributed by atoms with Crippen LogP contribution >= 0.6 is 27.5 Å². The molecule has 2 saturated carbocycles. The minimum atomic E-state index is -0.259. The van der Waals surface area contributed by atoms with Crippen molar-refractivity contribution in [2.24, 2.45) is 23.7 Å². The third-order valence-electron chi connectivity index (χ3n) is 5.79. The maximum Gasteiger partial charge on any atom is 0.233 e. The number of halogens is 2. The van der Waals surface area contributed by atoms with E-state index in [-0.39, 0.29) is 42.5 Å². The molecule has 2 bridgehead atoms. The van der Waals surface area contributed by atoms with Gasteiger partial charge in [0.05, 0.1) is 22.5 Å². The number of benzene rings is 1. The standard InChI is InChI=1S/C18H18BrClN2O3/c19-11-3-4-13(12(20)8-11)21-14(23)5-6-22-17(24)15-9-1-2-10(7-9)16(15)18(22)25/h3-4,8-10,15-16H,1-2,5-7H2,(H,21,23). The van der Waals surface area contributed by atoms with Gasteiger partial charge in [-0.15, -0.1) is 0 Å². The van der Waals surface area contributed by atoms with Crippen LogP contribution in [0.4, 0.5) is 5.69 Å². The van der Waals surface area contributed by atoms with Crippen molar-refractivity contribution < 1.29 is 14.4 Å². The molecule has 1 N–H and O–H groups in total. The van der Waals surface area contributed by atoms with Gasteiger partial charge in [0.25, 0.3) is 0 Å². The third kappa shape index (κ3) is 2.89. The Morgan fingerprint density at radius 3 is 2.44 bits per heavy atom. The van der Waals surface area contributed by atoms with Crippen LogP contribution in [-0.4, -0.2) is 29.2 Å². The van der Waals surface area contributed by atoms with E-state index in [1.807, 2.05) is 0 Å². The number of anilines is 1. The zero-order chi connectivity index (χ0) is 17.7. The highest BCUT2D eigenvalue weighted by Gasteiger charge is 2.60. The van der Waals surface area contributed by atoms with Crippen LogP contribution in [-0.2, 0) is 14.4 Å². The van der Waals surface area contributed by atoms with Crippen LogP contribution < -0.4 is 5.32 Å². The number of imide groups is 1. The smallest absolute Gasteiger partial charge is 0.233 e. The molecule has 1 aliphatic heterocycles. The van der Waals surface area contributed by atoms with Crippen molar-refractivity contribution in [3.63, 3.8) is 0 Å². The maximum absolute atomic E-state index is 12.6. The van der Waals surface area contributed by atoms with Crippen molar-refractivity contribution in [2.75, 3.05) is 11.9 Å². The number of carbonyl (C=O) groups excluding carboxylic acids is 3. The van der Waals surface area contributed by atoms with E-state index in [1.165, 1.54) is 4.90 Å². The van der Waals surface area contributed by atoms with Crippen molar-refractivity contribution in [2.45, 2.75) is 25.7 Å². The molecule has 1 saturated heterocycles. The minimum Gasteiger partial charge on any atom is -0.325 e. The SMILES string of the molecule is O=C(CCN1C(=O)C2C3CCC(C3)C2C1=O)Nc1ccc(Br)cc1Cl. The summed E-state index contributed by atoms with van der Waals surface area (Å²) in [5.41, 5.74) is 0.517. The molecule has 4 rings (SSSR count). The number of hydrogen-bond donors (Lipinski definition) is 1. The Morgan fingerprint density at radius 1 is 1.20 bits per heavy atom. The van der Waals surface area contributed by atoms with E-state index in [4.69, 9.17) is 11.6 Å². The summed E-state index contributed by atoms with van der Waals surface area (Å²) in [6.45, 7) is 0.143. The van der Waals surface area contributed by atoms with Gasteiger partial charge in [-0.3, -0.25) is 19.3 Å². The molecule has 132 valence electrons. The second-order valence-electron chi connectivity index (χ2n) is 7.14. The van der Waals surface area contributed by atoms with Gasteiger partial charge in [-0.2, -0.15) is 0 Å². The van der Waals surface area contributed by atoms with E-state index >= 15 is 0 Å². The van der Waals surface area contributed by atoms with Crippen LogP contribution in [0.25, 0.3) is 0 Å². The molecule has 0 aromatic heterocycles. The molecule has 3 amide bonds. The lowest BCUT2D eigenvalue weighted by Gasteiger charge is -2.19. The Kier molecular flexibility index (Phi) is 4.36. The number of hydrogen-bond acceptors (Lipinski definition) is 3. The van der Waals surface area contributed by atoms with Gasteiger partial charge in [0.15, 0.2) is 0 Å². The van der Waals surface area contributed by atoms with Crippen LogP contribution in [0.5, 0.6) is 0 Å². The first-order valence-electron chi connectivity index (χ1n) is 8.56. The highest BCUT2D eigenvalue weighted by molar-refractivity contribution is 9.10. The lowest BCUT2D eigenvalue weighted by atomic mass is 9.81. The molecule has 4 unspecified atom stereocenters. The highest BCUT2D eigenvalue weighted by Crippen LogP contribution is 2.56. The van der Waals surface area contributed by atoms with Gasteiger partial charge in [0.2, 0.25) is 17.7 Å². The summed E-state index contributed by atoms with van der Waals surface area (Å²) in [6, 6.07) is 5.19. The number of likely N-dealkylation sites (tertiary alicyclic amines) is 1. The lowest BCUT2D eigenvalue weighted by Crippen LogP contribution is -2.35. The summed E-state index contributed by atoms with van der Waals surface area (Å²) in [7, 11) is 0. The number of carbonyl (C=O) groups is 3. The van der Waals surface area contributed by atoms with Crippen molar-refractivity contribution in [3.05, 3.63) is 27.7 Å². The average molecular weight is 426 g/mol. The van der Waals surface area contributed by atoms with Crippen LogP contribution in [0.3, 0.4) is 0 Å². The van der Waals surface area contributed by atoms with E-state index in [9.17, 15) is 14.4 Å². The van der Waals surface area contributed by atoms with Crippen LogP contribution in [0.15, 0.2) is 22.7 Å². The molecule has 2 aliphatic carbocycles. The molecule has 3 aliphatic rings. The minimum absolute atomic E-state index is 0.0725. The second kappa shape index (κ2) is 6.40. The largest absolute Gasteiger partial charge is 0.325 e. The van der Waals surface area contributed by atoms with E-state index in [0.29, 0.717) is 22.5 Å². The number of rotatable bonds is 4. The van der Waals surface area contributed by atoms with Gasteiger partial charge in [-0.1, -0.05) is 27.5 Å². The maximum atomic E-state index is 12.6. The van der Waals surface area contributed by atoms with Gasteiger partial charge in [0.1, 0.15) is 0 Å². The quantitative estimate of drug-likeness (QED) is 0.751. The fraction of sp³-hybridized carbons (Fsp3) is 0.500. The van der Waals surface area contributed by atoms with Crippen molar-refractivity contribution in [3.8, 4) is 0 Å². The third-order valence-corrected chi connectivity index (χ3v) is 6.59. The van der Waals surface area contributed by atoms with Crippen LogP contribution in [0.2, 0.25) is 5.02 Å². The second-order valence-corrected chi connectivity index (χ2v) is 8.46. The van der Waals surface area contributed by atoms with Gasteiger partial charge in [0, 0.05) is 17.4 Å². The Morgan fingerprint density at radius 2 is 1.84 bits per heavy atom. The summed E-state index contributed by atoms with van der Waals surface area (Å²) in [5, 5.41) is 3.16. The number of nitrogens with one attached hydrogen (secondary N) is 1. The molecule has 7 heteroatoms. The fourth-order valence-corrected chi connectivity index (χ4v) is 5.43. The monoisotopic (exact) mass is 424 g/mol. The summed E-state index contributed by atoms with van der Waals surface area (Å²) < 4.78 is 0.824. The predicted octanol–water partition coefficient (Wildman–Crippen LogP) is 3.46. The first kappa shape index (κ1) is 17.0. The van der Waals surface area contributed by atoms with E-state index in [1.54, 1.807) is 18.2 Å².